The SMILES string of the molecule is Cn1cc(COC2CCC(=NO)CC2)cn1. The lowest BCUT2D eigenvalue weighted by Crippen LogP contribution is -2.21. The van der Waals surface area contributed by atoms with Crippen LogP contribution < -0.4 is 0 Å². The number of rotatable bonds is 3. The summed E-state index contributed by atoms with van der Waals surface area (Å²) in [5.74, 6) is 0. The van der Waals surface area contributed by atoms with E-state index in [1.807, 2.05) is 19.4 Å². The molecule has 2 rings (SSSR count). The first-order valence-corrected chi connectivity index (χ1v) is 5.57. The van der Waals surface area contributed by atoms with Gasteiger partial charge in [-0.1, -0.05) is 5.16 Å². The summed E-state index contributed by atoms with van der Waals surface area (Å²) in [5.41, 5.74) is 1.99. The maximum atomic E-state index is 8.62. The summed E-state index contributed by atoms with van der Waals surface area (Å²) in [6, 6.07) is 0. The summed E-state index contributed by atoms with van der Waals surface area (Å²) in [4.78, 5) is 0. The minimum atomic E-state index is 0.283. The molecule has 0 aliphatic heterocycles. The smallest absolute Gasteiger partial charge is 0.0751 e. The molecule has 0 spiro atoms. The molecule has 1 heterocycles. The molecule has 0 unspecified atom stereocenters. The Morgan fingerprint density at radius 3 is 2.88 bits per heavy atom. The highest BCUT2D eigenvalue weighted by atomic mass is 16.5. The van der Waals surface area contributed by atoms with E-state index in [1.165, 1.54) is 0 Å². The van der Waals surface area contributed by atoms with Gasteiger partial charge in [0, 0.05) is 18.8 Å². The van der Waals surface area contributed by atoms with E-state index < -0.39 is 0 Å². The zero-order chi connectivity index (χ0) is 11.4. The van der Waals surface area contributed by atoms with Crippen molar-refractivity contribution in [1.29, 1.82) is 0 Å². The molecule has 1 aromatic rings. The van der Waals surface area contributed by atoms with Crippen molar-refractivity contribution in [3.05, 3.63) is 18.0 Å². The van der Waals surface area contributed by atoms with E-state index in [0.29, 0.717) is 6.61 Å². The third-order valence-corrected chi connectivity index (χ3v) is 2.90. The van der Waals surface area contributed by atoms with Gasteiger partial charge in [0.25, 0.3) is 0 Å². The second kappa shape index (κ2) is 5.12. The fraction of sp³-hybridized carbons (Fsp3) is 0.636. The lowest BCUT2D eigenvalue weighted by molar-refractivity contribution is 0.0277. The number of ether oxygens (including phenoxy) is 1. The molecule has 1 aliphatic carbocycles. The Bertz CT molecular complexity index is 363. The molecule has 1 aromatic heterocycles. The van der Waals surface area contributed by atoms with E-state index in [1.54, 1.807) is 4.68 Å². The number of hydrogen-bond donors (Lipinski definition) is 1. The van der Waals surface area contributed by atoms with Gasteiger partial charge in [0.05, 0.1) is 24.6 Å². The third-order valence-electron chi connectivity index (χ3n) is 2.90. The predicted octanol–water partition coefficient (Wildman–Crippen LogP) is 1.71. The molecule has 5 heteroatoms. The van der Waals surface area contributed by atoms with Crippen LogP contribution in [0.25, 0.3) is 0 Å². The van der Waals surface area contributed by atoms with Crippen molar-refractivity contribution in [3.8, 4) is 0 Å². The lowest BCUT2D eigenvalue weighted by Gasteiger charge is -2.22. The minimum absolute atomic E-state index is 0.283. The quantitative estimate of drug-likeness (QED) is 0.627. The van der Waals surface area contributed by atoms with Crippen LogP contribution in [0.15, 0.2) is 17.5 Å². The molecular weight excluding hydrogens is 206 g/mol. The maximum Gasteiger partial charge on any atom is 0.0751 e. The Morgan fingerprint density at radius 1 is 1.56 bits per heavy atom. The summed E-state index contributed by atoms with van der Waals surface area (Å²) in [7, 11) is 1.90. The van der Waals surface area contributed by atoms with Crippen molar-refractivity contribution < 1.29 is 9.94 Å². The van der Waals surface area contributed by atoms with Gasteiger partial charge in [0.15, 0.2) is 0 Å². The van der Waals surface area contributed by atoms with Crippen molar-refractivity contribution >= 4 is 5.71 Å². The second-order valence-electron chi connectivity index (χ2n) is 4.20. The summed E-state index contributed by atoms with van der Waals surface area (Å²) in [6.07, 6.45) is 7.64. The van der Waals surface area contributed by atoms with Crippen molar-refractivity contribution in [2.75, 3.05) is 0 Å². The number of aryl methyl sites for hydroxylation is 1. The van der Waals surface area contributed by atoms with Crippen molar-refractivity contribution in [3.63, 3.8) is 0 Å². The highest BCUT2D eigenvalue weighted by Gasteiger charge is 2.18. The number of oxime groups is 1. The van der Waals surface area contributed by atoms with Crippen LogP contribution in [0, 0.1) is 0 Å². The molecule has 16 heavy (non-hydrogen) atoms. The third kappa shape index (κ3) is 2.82. The van der Waals surface area contributed by atoms with E-state index in [2.05, 4.69) is 10.3 Å². The number of aromatic nitrogens is 2. The van der Waals surface area contributed by atoms with Gasteiger partial charge in [-0.2, -0.15) is 5.10 Å². The normalized spacial score (nSPS) is 21.1. The molecule has 0 atom stereocenters. The molecule has 1 fully saturated rings. The summed E-state index contributed by atoms with van der Waals surface area (Å²) in [5, 5.41) is 16.0. The van der Waals surface area contributed by atoms with E-state index >= 15 is 0 Å². The zero-order valence-electron chi connectivity index (χ0n) is 9.46. The minimum Gasteiger partial charge on any atom is -0.411 e. The van der Waals surface area contributed by atoms with Gasteiger partial charge in [-0.05, 0) is 25.7 Å². The van der Waals surface area contributed by atoms with Crippen LogP contribution in [-0.4, -0.2) is 26.8 Å². The second-order valence-corrected chi connectivity index (χ2v) is 4.20. The van der Waals surface area contributed by atoms with Gasteiger partial charge >= 0.3 is 0 Å². The molecule has 1 N–H and O–H groups in total. The van der Waals surface area contributed by atoms with Crippen LogP contribution in [0.1, 0.15) is 31.2 Å². The first-order chi connectivity index (χ1) is 7.78. The molecule has 88 valence electrons. The molecule has 5 nitrogen and oxygen atoms in total. The van der Waals surface area contributed by atoms with Crippen molar-refractivity contribution in [1.82, 2.24) is 9.78 Å². The summed E-state index contributed by atoms with van der Waals surface area (Å²) >= 11 is 0. The fourth-order valence-electron chi connectivity index (χ4n) is 1.95. The Balaban J connectivity index is 1.75. The maximum absolute atomic E-state index is 8.62. The first-order valence-electron chi connectivity index (χ1n) is 5.57. The van der Waals surface area contributed by atoms with E-state index in [-0.39, 0.29) is 6.10 Å². The Labute approximate surface area is 94.7 Å². The molecule has 0 radical (unpaired) electrons. The van der Waals surface area contributed by atoms with Gasteiger partial charge in [-0.25, -0.2) is 0 Å². The van der Waals surface area contributed by atoms with Gasteiger partial charge in [-0.3, -0.25) is 4.68 Å². The molecule has 0 saturated heterocycles. The van der Waals surface area contributed by atoms with Crippen LogP contribution in [0.3, 0.4) is 0 Å². The van der Waals surface area contributed by atoms with E-state index in [4.69, 9.17) is 9.94 Å². The molecular formula is C11H17N3O2. The number of nitrogens with zero attached hydrogens (tertiary/aromatic N) is 3. The van der Waals surface area contributed by atoms with Gasteiger partial charge in [0.1, 0.15) is 0 Å². The molecule has 1 saturated carbocycles. The number of hydrogen-bond acceptors (Lipinski definition) is 4. The van der Waals surface area contributed by atoms with Gasteiger partial charge in [0.2, 0.25) is 0 Å². The average Bonchev–Trinajstić information content (AvgIpc) is 2.73. The Hall–Kier alpha value is -1.36. The topological polar surface area (TPSA) is 59.6 Å². The molecule has 0 amide bonds. The summed E-state index contributed by atoms with van der Waals surface area (Å²) < 4.78 is 7.56. The lowest BCUT2D eigenvalue weighted by atomic mass is 9.96. The molecule has 1 aliphatic rings. The van der Waals surface area contributed by atoms with Gasteiger partial charge in [-0.15, -0.1) is 0 Å². The average molecular weight is 223 g/mol. The van der Waals surface area contributed by atoms with Crippen LogP contribution in [0.2, 0.25) is 0 Å². The van der Waals surface area contributed by atoms with Crippen molar-refractivity contribution in [2.45, 2.75) is 38.4 Å². The van der Waals surface area contributed by atoms with Crippen LogP contribution >= 0.6 is 0 Å². The molecule has 0 aromatic carbocycles. The summed E-state index contributed by atoms with van der Waals surface area (Å²) in [6.45, 7) is 0.615. The standard InChI is InChI=1S/C11H17N3O2/c1-14-7-9(6-12-14)8-16-11-4-2-10(13-15)3-5-11/h6-7,11,15H,2-5,8H2,1H3. The zero-order valence-corrected chi connectivity index (χ0v) is 9.46. The van der Waals surface area contributed by atoms with Gasteiger partial charge < -0.3 is 9.94 Å². The highest BCUT2D eigenvalue weighted by molar-refractivity contribution is 5.84. The predicted molar refractivity (Wildman–Crippen MR) is 59.5 cm³/mol. The Kier molecular flexibility index (Phi) is 3.56. The monoisotopic (exact) mass is 223 g/mol. The Morgan fingerprint density at radius 2 is 2.31 bits per heavy atom. The van der Waals surface area contributed by atoms with Crippen LogP contribution in [0.5, 0.6) is 0 Å². The van der Waals surface area contributed by atoms with Crippen molar-refractivity contribution in [2.24, 2.45) is 12.2 Å². The molecule has 0 bridgehead atoms. The van der Waals surface area contributed by atoms with E-state index in [0.717, 1.165) is 37.0 Å². The first kappa shape index (κ1) is 11.1. The highest BCUT2D eigenvalue weighted by Crippen LogP contribution is 2.20. The fourth-order valence-corrected chi connectivity index (χ4v) is 1.95. The van der Waals surface area contributed by atoms with E-state index in [9.17, 15) is 0 Å². The van der Waals surface area contributed by atoms with Crippen LogP contribution in [0.4, 0.5) is 0 Å². The largest absolute Gasteiger partial charge is 0.411 e. The van der Waals surface area contributed by atoms with Crippen LogP contribution in [-0.2, 0) is 18.4 Å².